The van der Waals surface area contributed by atoms with Gasteiger partial charge in [-0.15, -0.1) is 0 Å². The van der Waals surface area contributed by atoms with Gasteiger partial charge in [0.2, 0.25) is 11.8 Å². The highest BCUT2D eigenvalue weighted by molar-refractivity contribution is 7.92. The van der Waals surface area contributed by atoms with Crippen LogP contribution in [0.25, 0.3) is 0 Å². The fourth-order valence-electron chi connectivity index (χ4n) is 5.18. The number of carbonyl (C=O) groups is 2. The molecule has 0 saturated carbocycles. The first-order chi connectivity index (χ1) is 22.1. The maximum absolute atomic E-state index is 14.6. The van der Waals surface area contributed by atoms with E-state index in [0.29, 0.717) is 35.3 Å². The van der Waals surface area contributed by atoms with Gasteiger partial charge in [0.15, 0.2) is 11.5 Å². The number of halogens is 1. The number of sulfonamides is 1. The Bertz CT molecular complexity index is 1770. The van der Waals surface area contributed by atoms with Gasteiger partial charge in [-0.2, -0.15) is 0 Å². The zero-order chi connectivity index (χ0) is 32.7. The fraction of sp³-hybridized carbons (Fsp3) is 0.257. The van der Waals surface area contributed by atoms with Crippen molar-refractivity contribution in [1.82, 2.24) is 10.2 Å². The van der Waals surface area contributed by atoms with Gasteiger partial charge < -0.3 is 19.7 Å². The summed E-state index contributed by atoms with van der Waals surface area (Å²) in [7, 11) is -4.25. The number of hydrogen-bond acceptors (Lipinski definition) is 6. The SMILES string of the molecule is CC(C)NC(=O)C(Cc1ccccc1)N(Cc1ccccc1Cl)C(=O)CN(c1ccc2c(c1)OCCO2)S(=O)(=O)c1ccccc1. The predicted octanol–water partition coefficient (Wildman–Crippen LogP) is 5.47. The number of anilines is 1. The standard InChI is InChI=1S/C35H36ClN3O6S/c1-25(2)37-35(41)31(21-26-11-5-3-6-12-26)38(23-27-13-9-10-16-30(27)36)34(40)24-39(46(42,43)29-14-7-4-8-15-29)28-17-18-32-33(22-28)45-20-19-44-32/h3-18,22,25,31H,19-21,23-24H2,1-2H3,(H,37,41). The van der Waals surface area contributed by atoms with Crippen molar-refractivity contribution in [3.63, 3.8) is 0 Å². The van der Waals surface area contributed by atoms with Crippen molar-refractivity contribution < 1.29 is 27.5 Å². The zero-order valence-corrected chi connectivity index (χ0v) is 27.2. The Morgan fingerprint density at radius 1 is 0.848 bits per heavy atom. The molecule has 0 saturated heterocycles. The first-order valence-electron chi connectivity index (χ1n) is 15.0. The van der Waals surface area contributed by atoms with Crippen molar-refractivity contribution in [3.8, 4) is 11.5 Å². The quantitative estimate of drug-likeness (QED) is 0.216. The Hall–Kier alpha value is -4.54. The maximum Gasteiger partial charge on any atom is 0.264 e. The summed E-state index contributed by atoms with van der Waals surface area (Å²) in [6, 6.07) is 27.9. The average Bonchev–Trinajstić information content (AvgIpc) is 3.06. The van der Waals surface area contributed by atoms with Gasteiger partial charge in [0.05, 0.1) is 10.6 Å². The minimum absolute atomic E-state index is 0.00808. The average molecular weight is 662 g/mol. The Balaban J connectivity index is 1.59. The Morgan fingerprint density at radius 2 is 1.48 bits per heavy atom. The Labute approximate surface area is 274 Å². The normalized spacial score (nSPS) is 13.1. The molecule has 5 rings (SSSR count). The molecule has 0 bridgehead atoms. The van der Waals surface area contributed by atoms with Crippen molar-refractivity contribution in [2.75, 3.05) is 24.1 Å². The van der Waals surface area contributed by atoms with E-state index in [4.69, 9.17) is 21.1 Å². The van der Waals surface area contributed by atoms with Gasteiger partial charge in [0.25, 0.3) is 10.0 Å². The van der Waals surface area contributed by atoms with Gasteiger partial charge in [0, 0.05) is 30.1 Å². The van der Waals surface area contributed by atoms with E-state index in [1.807, 2.05) is 44.2 Å². The molecular weight excluding hydrogens is 626 g/mol. The summed E-state index contributed by atoms with van der Waals surface area (Å²) in [5.74, 6) is -0.104. The number of nitrogens with zero attached hydrogens (tertiary/aromatic N) is 2. The molecule has 1 aliphatic rings. The van der Waals surface area contributed by atoms with Crippen LogP contribution < -0.4 is 19.1 Å². The van der Waals surface area contributed by atoms with Crippen LogP contribution in [0.4, 0.5) is 5.69 Å². The lowest BCUT2D eigenvalue weighted by molar-refractivity contribution is -0.140. The van der Waals surface area contributed by atoms with E-state index >= 15 is 0 Å². The van der Waals surface area contributed by atoms with Crippen LogP contribution in [0.3, 0.4) is 0 Å². The van der Waals surface area contributed by atoms with Crippen LogP contribution in [0.5, 0.6) is 11.5 Å². The second-order valence-electron chi connectivity index (χ2n) is 11.1. The summed E-state index contributed by atoms with van der Waals surface area (Å²) < 4.78 is 40.8. The lowest BCUT2D eigenvalue weighted by Gasteiger charge is -2.34. The molecule has 2 amide bonds. The number of ether oxygens (including phenoxy) is 2. The molecular formula is C35H36ClN3O6S. The molecule has 11 heteroatoms. The molecule has 240 valence electrons. The van der Waals surface area contributed by atoms with Gasteiger partial charge in [-0.3, -0.25) is 13.9 Å². The van der Waals surface area contributed by atoms with Crippen LogP contribution in [-0.4, -0.2) is 57.0 Å². The summed E-state index contributed by atoms with van der Waals surface area (Å²) >= 11 is 6.55. The Morgan fingerprint density at radius 3 is 2.15 bits per heavy atom. The Kier molecular flexibility index (Phi) is 10.5. The molecule has 0 radical (unpaired) electrons. The van der Waals surface area contributed by atoms with Crippen molar-refractivity contribution in [2.24, 2.45) is 0 Å². The summed E-state index contributed by atoms with van der Waals surface area (Å²) in [4.78, 5) is 29.8. The number of amides is 2. The molecule has 1 atom stereocenters. The highest BCUT2D eigenvalue weighted by Crippen LogP contribution is 2.36. The highest BCUT2D eigenvalue weighted by Gasteiger charge is 2.35. The molecule has 1 aliphatic heterocycles. The van der Waals surface area contributed by atoms with Gasteiger partial charge in [0.1, 0.15) is 25.8 Å². The number of benzene rings is 4. The number of rotatable bonds is 12. The third kappa shape index (κ3) is 7.81. The molecule has 4 aromatic rings. The highest BCUT2D eigenvalue weighted by atomic mass is 35.5. The van der Waals surface area contributed by atoms with Gasteiger partial charge in [-0.1, -0.05) is 78.3 Å². The number of nitrogens with one attached hydrogen (secondary N) is 1. The van der Waals surface area contributed by atoms with E-state index in [2.05, 4.69) is 5.32 Å². The molecule has 46 heavy (non-hydrogen) atoms. The molecule has 1 heterocycles. The van der Waals surface area contributed by atoms with Crippen molar-refractivity contribution >= 4 is 39.1 Å². The first-order valence-corrected chi connectivity index (χ1v) is 16.8. The maximum atomic E-state index is 14.6. The first kappa shape index (κ1) is 32.8. The zero-order valence-electron chi connectivity index (χ0n) is 25.6. The molecule has 0 fully saturated rings. The van der Waals surface area contributed by atoms with E-state index in [9.17, 15) is 18.0 Å². The third-order valence-corrected chi connectivity index (χ3v) is 9.58. The number of hydrogen-bond donors (Lipinski definition) is 1. The van der Waals surface area contributed by atoms with Crippen LogP contribution >= 0.6 is 11.6 Å². The molecule has 0 aromatic heterocycles. The van der Waals surface area contributed by atoms with Gasteiger partial charge in [-0.25, -0.2) is 8.42 Å². The van der Waals surface area contributed by atoms with E-state index in [0.717, 1.165) is 9.87 Å². The van der Waals surface area contributed by atoms with Crippen LogP contribution in [0.2, 0.25) is 5.02 Å². The van der Waals surface area contributed by atoms with Crippen LogP contribution in [0, 0.1) is 0 Å². The van der Waals surface area contributed by atoms with E-state index in [-0.39, 0.29) is 35.5 Å². The van der Waals surface area contributed by atoms with Crippen molar-refractivity contribution in [2.45, 2.75) is 43.8 Å². The van der Waals surface area contributed by atoms with Crippen LogP contribution in [-0.2, 0) is 32.6 Å². The largest absolute Gasteiger partial charge is 0.486 e. The third-order valence-electron chi connectivity index (χ3n) is 7.42. The van der Waals surface area contributed by atoms with Crippen molar-refractivity contribution in [3.05, 3.63) is 119 Å². The van der Waals surface area contributed by atoms with Gasteiger partial charge >= 0.3 is 0 Å². The summed E-state index contributed by atoms with van der Waals surface area (Å²) in [6.45, 7) is 3.73. The van der Waals surface area contributed by atoms with Gasteiger partial charge in [-0.05, 0) is 55.3 Å². The van der Waals surface area contributed by atoms with E-state index < -0.39 is 28.5 Å². The molecule has 4 aromatic carbocycles. The molecule has 1 unspecified atom stereocenters. The lowest BCUT2D eigenvalue weighted by Crippen LogP contribution is -2.54. The summed E-state index contributed by atoms with van der Waals surface area (Å²) in [6.07, 6.45) is 0.199. The topological polar surface area (TPSA) is 105 Å². The second kappa shape index (κ2) is 14.7. The second-order valence-corrected chi connectivity index (χ2v) is 13.4. The monoisotopic (exact) mass is 661 g/mol. The molecule has 9 nitrogen and oxygen atoms in total. The molecule has 0 spiro atoms. The minimum Gasteiger partial charge on any atom is -0.486 e. The number of carbonyl (C=O) groups excluding carboxylic acids is 2. The molecule has 0 aliphatic carbocycles. The molecule has 1 N–H and O–H groups in total. The smallest absolute Gasteiger partial charge is 0.264 e. The summed E-state index contributed by atoms with van der Waals surface area (Å²) in [5.41, 5.74) is 1.67. The van der Waals surface area contributed by atoms with Crippen molar-refractivity contribution in [1.29, 1.82) is 0 Å². The minimum atomic E-state index is -4.25. The van der Waals surface area contributed by atoms with Crippen LogP contribution in [0.1, 0.15) is 25.0 Å². The summed E-state index contributed by atoms with van der Waals surface area (Å²) in [5, 5.41) is 3.37. The van der Waals surface area contributed by atoms with Crippen LogP contribution in [0.15, 0.2) is 108 Å². The van der Waals surface area contributed by atoms with E-state index in [1.165, 1.54) is 17.0 Å². The fourth-order valence-corrected chi connectivity index (χ4v) is 6.80. The predicted molar refractivity (Wildman–Crippen MR) is 178 cm³/mol. The number of fused-ring (bicyclic) bond motifs is 1. The van der Waals surface area contributed by atoms with E-state index in [1.54, 1.807) is 60.7 Å². The lowest BCUT2D eigenvalue weighted by atomic mass is 10.0.